The fraction of sp³-hybridized carbons (Fsp3) is 0.167. The van der Waals surface area contributed by atoms with Crippen LogP contribution in [-0.2, 0) is 6.54 Å². The van der Waals surface area contributed by atoms with E-state index in [1.807, 2.05) is 30.3 Å². The largest absolute Gasteiger partial charge is 0.406 e. The van der Waals surface area contributed by atoms with E-state index < -0.39 is 12.7 Å². The van der Waals surface area contributed by atoms with E-state index in [1.54, 1.807) is 6.07 Å². The molecule has 1 aromatic carbocycles. The maximum atomic E-state index is 12.1. The number of aromatic nitrogens is 1. The first-order chi connectivity index (χ1) is 7.54. The molecule has 1 aromatic heterocycles. The molecule has 4 heteroatoms. The number of halogens is 3. The molecule has 16 heavy (non-hydrogen) atoms. The van der Waals surface area contributed by atoms with Gasteiger partial charge in [0.25, 0.3) is 0 Å². The molecule has 1 nitrogen and oxygen atoms in total. The Bertz CT molecular complexity index is 457. The first-order valence-corrected chi connectivity index (χ1v) is 4.82. The second-order valence-corrected chi connectivity index (χ2v) is 3.55. The Labute approximate surface area is 91.1 Å². The highest BCUT2D eigenvalue weighted by molar-refractivity contribution is 5.62. The molecule has 84 valence electrons. The molecule has 0 aliphatic rings. The van der Waals surface area contributed by atoms with Gasteiger partial charge in [0.05, 0.1) is 0 Å². The van der Waals surface area contributed by atoms with Gasteiger partial charge in [-0.15, -0.1) is 0 Å². The quantitative estimate of drug-likeness (QED) is 0.734. The topological polar surface area (TPSA) is 4.93 Å². The van der Waals surface area contributed by atoms with Crippen LogP contribution in [0.4, 0.5) is 13.2 Å². The maximum Gasteiger partial charge on any atom is 0.406 e. The van der Waals surface area contributed by atoms with Crippen LogP contribution >= 0.6 is 0 Å². The minimum atomic E-state index is -4.17. The minimum Gasteiger partial charge on any atom is -0.345 e. The molecule has 2 aromatic rings. The number of nitrogens with zero attached hydrogens (tertiary/aromatic N) is 1. The van der Waals surface area contributed by atoms with Crippen molar-refractivity contribution in [1.82, 2.24) is 4.57 Å². The van der Waals surface area contributed by atoms with Crippen LogP contribution in [-0.4, -0.2) is 10.7 Å². The normalized spacial score (nSPS) is 11.7. The molecule has 0 unspecified atom stereocenters. The molecule has 0 amide bonds. The molecule has 0 saturated heterocycles. The Morgan fingerprint density at radius 2 is 1.62 bits per heavy atom. The number of benzene rings is 1. The summed E-state index contributed by atoms with van der Waals surface area (Å²) in [6.45, 7) is -0.945. The fourth-order valence-corrected chi connectivity index (χ4v) is 1.55. The van der Waals surface area contributed by atoms with E-state index >= 15 is 0 Å². The van der Waals surface area contributed by atoms with Crippen molar-refractivity contribution in [1.29, 1.82) is 0 Å². The molecular weight excluding hydrogens is 215 g/mol. The van der Waals surface area contributed by atoms with Crippen molar-refractivity contribution in [2.75, 3.05) is 0 Å². The smallest absolute Gasteiger partial charge is 0.345 e. The summed E-state index contributed by atoms with van der Waals surface area (Å²) in [6, 6.07) is 11.0. The summed E-state index contributed by atoms with van der Waals surface area (Å²) in [5, 5.41) is 0. The summed E-state index contributed by atoms with van der Waals surface area (Å²) in [5.41, 5.74) is 1.72. The summed E-state index contributed by atoms with van der Waals surface area (Å²) >= 11 is 0. The molecule has 0 aliphatic heterocycles. The Kier molecular flexibility index (Phi) is 2.73. The zero-order chi connectivity index (χ0) is 11.6. The average molecular weight is 225 g/mol. The second-order valence-electron chi connectivity index (χ2n) is 3.55. The second kappa shape index (κ2) is 4.04. The first kappa shape index (κ1) is 10.8. The molecule has 2 rings (SSSR count). The highest BCUT2D eigenvalue weighted by atomic mass is 19.4. The van der Waals surface area contributed by atoms with E-state index in [0.717, 1.165) is 15.7 Å². The predicted molar refractivity (Wildman–Crippen MR) is 55.9 cm³/mol. The summed E-state index contributed by atoms with van der Waals surface area (Å²) in [7, 11) is 0. The van der Waals surface area contributed by atoms with Crippen LogP contribution in [0.2, 0.25) is 0 Å². The van der Waals surface area contributed by atoms with Crippen LogP contribution in [0, 0.1) is 0 Å². The molecular formula is C12H10F3N. The lowest BCUT2D eigenvalue weighted by Gasteiger charge is -2.06. The van der Waals surface area contributed by atoms with Crippen LogP contribution in [0.3, 0.4) is 0 Å². The number of hydrogen-bond donors (Lipinski definition) is 0. The molecule has 0 saturated carbocycles. The van der Waals surface area contributed by atoms with E-state index in [0.29, 0.717) is 0 Å². The summed E-state index contributed by atoms with van der Waals surface area (Å²) in [4.78, 5) is 0. The van der Waals surface area contributed by atoms with Gasteiger partial charge in [-0.1, -0.05) is 30.3 Å². The Hall–Kier alpha value is -1.71. The minimum absolute atomic E-state index is 0.796. The van der Waals surface area contributed by atoms with E-state index in [-0.39, 0.29) is 0 Å². The Balaban J connectivity index is 2.21. The Morgan fingerprint density at radius 1 is 0.938 bits per heavy atom. The molecule has 0 spiro atoms. The van der Waals surface area contributed by atoms with Gasteiger partial charge in [0.2, 0.25) is 0 Å². The van der Waals surface area contributed by atoms with Gasteiger partial charge in [-0.2, -0.15) is 13.2 Å². The molecule has 1 heterocycles. The monoisotopic (exact) mass is 225 g/mol. The van der Waals surface area contributed by atoms with Gasteiger partial charge >= 0.3 is 6.18 Å². The average Bonchev–Trinajstić information content (AvgIpc) is 2.65. The van der Waals surface area contributed by atoms with E-state index in [4.69, 9.17) is 0 Å². The van der Waals surface area contributed by atoms with Crippen molar-refractivity contribution >= 4 is 0 Å². The number of hydrogen-bond acceptors (Lipinski definition) is 0. The van der Waals surface area contributed by atoms with Gasteiger partial charge in [-0.05, 0) is 17.2 Å². The lowest BCUT2D eigenvalue weighted by Crippen LogP contribution is -2.16. The van der Waals surface area contributed by atoms with Gasteiger partial charge < -0.3 is 4.57 Å². The lowest BCUT2D eigenvalue weighted by molar-refractivity contribution is -0.140. The molecule has 0 aliphatic carbocycles. The van der Waals surface area contributed by atoms with Crippen molar-refractivity contribution < 1.29 is 13.2 Å². The third kappa shape index (κ3) is 2.66. The molecule has 0 atom stereocenters. The van der Waals surface area contributed by atoms with Crippen molar-refractivity contribution in [3.8, 4) is 11.1 Å². The van der Waals surface area contributed by atoms with Crippen LogP contribution in [0.1, 0.15) is 0 Å². The van der Waals surface area contributed by atoms with Gasteiger partial charge in [0, 0.05) is 12.4 Å². The van der Waals surface area contributed by atoms with Crippen LogP contribution < -0.4 is 0 Å². The van der Waals surface area contributed by atoms with Crippen LogP contribution in [0.15, 0.2) is 48.8 Å². The lowest BCUT2D eigenvalue weighted by atomic mass is 10.1. The summed E-state index contributed by atoms with van der Waals surface area (Å²) < 4.78 is 37.5. The molecule has 0 fully saturated rings. The first-order valence-electron chi connectivity index (χ1n) is 4.82. The zero-order valence-corrected chi connectivity index (χ0v) is 8.41. The summed E-state index contributed by atoms with van der Waals surface area (Å²) in [5.74, 6) is 0. The van der Waals surface area contributed by atoms with Crippen molar-refractivity contribution in [2.24, 2.45) is 0 Å². The predicted octanol–water partition coefficient (Wildman–Crippen LogP) is 3.72. The van der Waals surface area contributed by atoms with E-state index in [1.165, 1.54) is 12.4 Å². The molecule has 0 bridgehead atoms. The van der Waals surface area contributed by atoms with Crippen molar-refractivity contribution in [2.45, 2.75) is 12.7 Å². The third-order valence-electron chi connectivity index (χ3n) is 2.22. The third-order valence-corrected chi connectivity index (χ3v) is 2.22. The standard InChI is InChI=1S/C12H10F3N/c13-12(14,15)9-16-7-6-11(8-16)10-4-2-1-3-5-10/h1-8H,9H2. The van der Waals surface area contributed by atoms with Crippen molar-refractivity contribution in [3.05, 3.63) is 48.8 Å². The van der Waals surface area contributed by atoms with E-state index in [2.05, 4.69) is 0 Å². The van der Waals surface area contributed by atoms with Crippen molar-refractivity contribution in [3.63, 3.8) is 0 Å². The molecule has 0 N–H and O–H groups in total. The fourth-order valence-electron chi connectivity index (χ4n) is 1.55. The summed E-state index contributed by atoms with van der Waals surface area (Å²) in [6.07, 6.45) is -1.23. The number of alkyl halides is 3. The highest BCUT2D eigenvalue weighted by Gasteiger charge is 2.27. The van der Waals surface area contributed by atoms with E-state index in [9.17, 15) is 13.2 Å². The van der Waals surface area contributed by atoms with Gasteiger partial charge in [-0.3, -0.25) is 0 Å². The van der Waals surface area contributed by atoms with Crippen LogP contribution in [0.25, 0.3) is 11.1 Å². The van der Waals surface area contributed by atoms with Gasteiger partial charge in [-0.25, -0.2) is 0 Å². The van der Waals surface area contributed by atoms with Gasteiger partial charge in [0.1, 0.15) is 6.54 Å². The maximum absolute atomic E-state index is 12.1. The van der Waals surface area contributed by atoms with Gasteiger partial charge in [0.15, 0.2) is 0 Å². The highest BCUT2D eigenvalue weighted by Crippen LogP contribution is 2.22. The zero-order valence-electron chi connectivity index (χ0n) is 8.41. The Morgan fingerprint density at radius 3 is 2.25 bits per heavy atom. The number of rotatable bonds is 2. The van der Waals surface area contributed by atoms with Crippen LogP contribution in [0.5, 0.6) is 0 Å². The SMILES string of the molecule is FC(F)(F)Cn1ccc(-c2ccccc2)c1. The molecule has 0 radical (unpaired) electrons.